The van der Waals surface area contributed by atoms with Crippen LogP contribution in [-0.4, -0.2) is 18.6 Å². The van der Waals surface area contributed by atoms with Crippen LogP contribution in [0, 0.1) is 25.7 Å². The van der Waals surface area contributed by atoms with Crippen LogP contribution >= 0.6 is 0 Å². The molecule has 21 heavy (non-hydrogen) atoms. The van der Waals surface area contributed by atoms with Crippen molar-refractivity contribution < 1.29 is 9.53 Å². The van der Waals surface area contributed by atoms with Crippen LogP contribution in [0.5, 0.6) is 5.75 Å². The molecule has 116 valence electrons. The number of aryl methyl sites for hydroxylation is 2. The highest BCUT2D eigenvalue weighted by atomic mass is 16.5. The molecule has 1 aromatic rings. The molecule has 0 aromatic heterocycles. The summed E-state index contributed by atoms with van der Waals surface area (Å²) in [6.45, 7) is 8.62. The summed E-state index contributed by atoms with van der Waals surface area (Å²) in [4.78, 5) is 12.1. The van der Waals surface area contributed by atoms with Crippen molar-refractivity contribution in [1.82, 2.24) is 5.32 Å². The Labute approximate surface area is 128 Å². The molecule has 3 nitrogen and oxygen atoms in total. The second kappa shape index (κ2) is 6.97. The Morgan fingerprint density at radius 2 is 1.90 bits per heavy atom. The Bertz CT molecular complexity index is 478. The average Bonchev–Trinajstić information content (AvgIpc) is 2.43. The first kappa shape index (κ1) is 15.9. The molecule has 1 saturated carbocycles. The quantitative estimate of drug-likeness (QED) is 0.919. The number of nitrogens with one attached hydrogen (secondary N) is 1. The van der Waals surface area contributed by atoms with E-state index in [1.807, 2.05) is 32.0 Å². The number of hydrogen-bond acceptors (Lipinski definition) is 2. The van der Waals surface area contributed by atoms with Gasteiger partial charge in [-0.2, -0.15) is 0 Å². The summed E-state index contributed by atoms with van der Waals surface area (Å²) in [6, 6.07) is 6.31. The maximum Gasteiger partial charge on any atom is 0.258 e. The van der Waals surface area contributed by atoms with E-state index < -0.39 is 0 Å². The van der Waals surface area contributed by atoms with E-state index in [2.05, 4.69) is 19.2 Å². The molecule has 1 N–H and O–H groups in total. The lowest BCUT2D eigenvalue weighted by atomic mass is 9.78. The Hall–Kier alpha value is -1.51. The number of rotatable bonds is 4. The third kappa shape index (κ3) is 3.99. The summed E-state index contributed by atoms with van der Waals surface area (Å²) in [5.41, 5.74) is 2.14. The number of ether oxygens (including phenoxy) is 1. The Morgan fingerprint density at radius 1 is 1.24 bits per heavy atom. The molecule has 3 atom stereocenters. The van der Waals surface area contributed by atoms with Gasteiger partial charge < -0.3 is 10.1 Å². The smallest absolute Gasteiger partial charge is 0.258 e. The number of hydrogen-bond donors (Lipinski definition) is 1. The largest absolute Gasteiger partial charge is 0.483 e. The second-order valence-corrected chi connectivity index (χ2v) is 6.45. The maximum absolute atomic E-state index is 12.1. The summed E-state index contributed by atoms with van der Waals surface area (Å²) < 4.78 is 5.72. The highest BCUT2D eigenvalue weighted by Crippen LogP contribution is 2.29. The van der Waals surface area contributed by atoms with Gasteiger partial charge in [-0.1, -0.05) is 44.9 Å². The van der Waals surface area contributed by atoms with Crippen LogP contribution < -0.4 is 10.1 Å². The molecule has 1 aliphatic rings. The van der Waals surface area contributed by atoms with E-state index in [-0.39, 0.29) is 12.5 Å². The third-order valence-electron chi connectivity index (χ3n) is 4.81. The molecule has 0 spiro atoms. The number of carbonyl (C=O) groups excluding carboxylic acids is 1. The van der Waals surface area contributed by atoms with Crippen LogP contribution in [0.4, 0.5) is 0 Å². The SMILES string of the molecule is Cc1cccc(C)c1OCC(=O)N[C@H]1CCC[C@@H](C)[C@@H]1C. The summed E-state index contributed by atoms with van der Waals surface area (Å²) in [6.07, 6.45) is 3.56. The van der Waals surface area contributed by atoms with Crippen LogP contribution in [0.1, 0.15) is 44.2 Å². The van der Waals surface area contributed by atoms with Crippen molar-refractivity contribution in [2.75, 3.05) is 6.61 Å². The van der Waals surface area contributed by atoms with Crippen molar-refractivity contribution in [3.8, 4) is 5.75 Å². The molecule has 0 radical (unpaired) electrons. The molecule has 1 amide bonds. The summed E-state index contributed by atoms with van der Waals surface area (Å²) in [5.74, 6) is 2.05. The average molecular weight is 289 g/mol. The van der Waals surface area contributed by atoms with Crippen molar-refractivity contribution >= 4 is 5.91 Å². The van der Waals surface area contributed by atoms with Gasteiger partial charge in [-0.15, -0.1) is 0 Å². The predicted molar refractivity (Wildman–Crippen MR) is 85.5 cm³/mol. The lowest BCUT2D eigenvalue weighted by Gasteiger charge is -2.34. The van der Waals surface area contributed by atoms with Gasteiger partial charge in [0, 0.05) is 6.04 Å². The summed E-state index contributed by atoms with van der Waals surface area (Å²) in [7, 11) is 0. The van der Waals surface area contributed by atoms with Crippen molar-refractivity contribution in [3.05, 3.63) is 29.3 Å². The first-order chi connectivity index (χ1) is 9.99. The van der Waals surface area contributed by atoms with Crippen LogP contribution in [-0.2, 0) is 4.79 Å². The molecular weight excluding hydrogens is 262 g/mol. The molecule has 0 aliphatic heterocycles. The molecule has 0 unspecified atom stereocenters. The zero-order valence-electron chi connectivity index (χ0n) is 13.6. The number of para-hydroxylation sites is 1. The normalized spacial score (nSPS) is 25.4. The summed E-state index contributed by atoms with van der Waals surface area (Å²) in [5, 5.41) is 3.14. The van der Waals surface area contributed by atoms with Crippen LogP contribution in [0.2, 0.25) is 0 Å². The minimum absolute atomic E-state index is 0.0106. The lowest BCUT2D eigenvalue weighted by Crippen LogP contribution is -2.45. The molecule has 0 heterocycles. The van der Waals surface area contributed by atoms with Gasteiger partial charge >= 0.3 is 0 Å². The third-order valence-corrected chi connectivity index (χ3v) is 4.81. The molecule has 1 aromatic carbocycles. The van der Waals surface area contributed by atoms with Gasteiger partial charge in [0.25, 0.3) is 5.91 Å². The van der Waals surface area contributed by atoms with Crippen molar-refractivity contribution in [2.24, 2.45) is 11.8 Å². The zero-order valence-corrected chi connectivity index (χ0v) is 13.6. The number of carbonyl (C=O) groups is 1. The predicted octanol–water partition coefficient (Wildman–Crippen LogP) is 3.62. The van der Waals surface area contributed by atoms with E-state index in [0.717, 1.165) is 23.3 Å². The lowest BCUT2D eigenvalue weighted by molar-refractivity contribution is -0.124. The van der Waals surface area contributed by atoms with Crippen molar-refractivity contribution in [3.63, 3.8) is 0 Å². The van der Waals surface area contributed by atoms with E-state index in [1.54, 1.807) is 0 Å². The van der Waals surface area contributed by atoms with Gasteiger partial charge in [-0.05, 0) is 43.2 Å². The monoisotopic (exact) mass is 289 g/mol. The fourth-order valence-electron chi connectivity index (χ4n) is 3.20. The van der Waals surface area contributed by atoms with E-state index in [1.165, 1.54) is 12.8 Å². The van der Waals surface area contributed by atoms with Gasteiger partial charge in [0.15, 0.2) is 6.61 Å². The first-order valence-corrected chi connectivity index (χ1v) is 7.97. The van der Waals surface area contributed by atoms with Gasteiger partial charge in [-0.25, -0.2) is 0 Å². The standard InChI is InChI=1S/C18H27NO2/c1-12-7-6-10-16(15(12)4)19-17(20)11-21-18-13(2)8-5-9-14(18)3/h5,8-9,12,15-16H,6-7,10-11H2,1-4H3,(H,19,20)/t12-,15+,16+/m1/s1. The minimum atomic E-state index is -0.0106. The Morgan fingerprint density at radius 3 is 2.57 bits per heavy atom. The van der Waals surface area contributed by atoms with Gasteiger partial charge in [0.1, 0.15) is 5.75 Å². The molecule has 1 fully saturated rings. The highest BCUT2D eigenvalue weighted by molar-refractivity contribution is 5.78. The van der Waals surface area contributed by atoms with E-state index in [0.29, 0.717) is 17.9 Å². The first-order valence-electron chi connectivity index (χ1n) is 7.97. The van der Waals surface area contributed by atoms with E-state index in [9.17, 15) is 4.79 Å². The highest BCUT2D eigenvalue weighted by Gasteiger charge is 2.28. The zero-order chi connectivity index (χ0) is 15.4. The Kier molecular flexibility index (Phi) is 5.27. The number of amides is 1. The Balaban J connectivity index is 1.88. The molecule has 0 saturated heterocycles. The molecule has 1 aliphatic carbocycles. The topological polar surface area (TPSA) is 38.3 Å². The second-order valence-electron chi connectivity index (χ2n) is 6.45. The van der Waals surface area contributed by atoms with Gasteiger partial charge in [0.2, 0.25) is 0 Å². The van der Waals surface area contributed by atoms with E-state index >= 15 is 0 Å². The van der Waals surface area contributed by atoms with Crippen LogP contribution in [0.15, 0.2) is 18.2 Å². The van der Waals surface area contributed by atoms with Crippen molar-refractivity contribution in [2.45, 2.75) is 53.0 Å². The van der Waals surface area contributed by atoms with Gasteiger partial charge in [-0.3, -0.25) is 4.79 Å². The maximum atomic E-state index is 12.1. The fraction of sp³-hybridized carbons (Fsp3) is 0.611. The molecular formula is C18H27NO2. The van der Waals surface area contributed by atoms with Crippen molar-refractivity contribution in [1.29, 1.82) is 0 Å². The van der Waals surface area contributed by atoms with E-state index in [4.69, 9.17) is 4.74 Å². The van der Waals surface area contributed by atoms with Crippen LogP contribution in [0.25, 0.3) is 0 Å². The molecule has 0 bridgehead atoms. The molecule has 2 rings (SSSR count). The number of benzene rings is 1. The van der Waals surface area contributed by atoms with Crippen LogP contribution in [0.3, 0.4) is 0 Å². The fourth-order valence-corrected chi connectivity index (χ4v) is 3.20. The summed E-state index contributed by atoms with van der Waals surface area (Å²) >= 11 is 0. The molecule has 3 heteroatoms. The minimum Gasteiger partial charge on any atom is -0.483 e. The van der Waals surface area contributed by atoms with Gasteiger partial charge in [0.05, 0.1) is 0 Å².